The van der Waals surface area contributed by atoms with E-state index in [2.05, 4.69) is 4.98 Å². The van der Waals surface area contributed by atoms with Gasteiger partial charge in [-0.1, -0.05) is 6.07 Å². The number of pyridine rings is 1. The Hall–Kier alpha value is -1.64. The van der Waals surface area contributed by atoms with Crippen molar-refractivity contribution in [1.29, 1.82) is 0 Å². The number of rotatable bonds is 2. The second-order valence-corrected chi connectivity index (χ2v) is 2.86. The number of nitrogens with zero attached hydrogens (tertiary/aromatic N) is 1. The normalized spacial score (nSPS) is 12.2. The molecule has 1 heterocycles. The number of aromatic nitrogens is 1. The summed E-state index contributed by atoms with van der Waals surface area (Å²) < 4.78 is 0. The average molecular weight is 176 g/mol. The van der Waals surface area contributed by atoms with E-state index in [1.807, 2.05) is 19.1 Å². The fourth-order valence-corrected chi connectivity index (χ4v) is 0.986. The van der Waals surface area contributed by atoms with Gasteiger partial charge >= 0.3 is 0 Å². The first-order chi connectivity index (χ1) is 6.13. The molecule has 0 unspecified atom stereocenters. The van der Waals surface area contributed by atoms with Gasteiger partial charge in [-0.05, 0) is 31.1 Å². The summed E-state index contributed by atoms with van der Waals surface area (Å²) in [7, 11) is 0. The van der Waals surface area contributed by atoms with Crippen LogP contribution in [-0.4, -0.2) is 10.9 Å². The molecule has 68 valence electrons. The predicted molar refractivity (Wildman–Crippen MR) is 51.7 cm³/mol. The molecule has 0 fully saturated rings. The molecule has 3 heteroatoms. The first-order valence-corrected chi connectivity index (χ1v) is 4.00. The van der Waals surface area contributed by atoms with E-state index in [9.17, 15) is 4.79 Å². The predicted octanol–water partition coefficient (Wildman–Crippen LogP) is 1.36. The summed E-state index contributed by atoms with van der Waals surface area (Å²) in [5, 5.41) is 0. The molecule has 0 aliphatic rings. The van der Waals surface area contributed by atoms with Crippen LogP contribution in [0.1, 0.15) is 19.4 Å². The summed E-state index contributed by atoms with van der Waals surface area (Å²) in [5.74, 6) is -0.388. The van der Waals surface area contributed by atoms with Crippen LogP contribution in [0.3, 0.4) is 0 Å². The molecule has 0 radical (unpaired) electrons. The number of carbonyl (C=O) groups excluding carboxylic acids is 1. The van der Waals surface area contributed by atoms with Gasteiger partial charge in [-0.2, -0.15) is 0 Å². The van der Waals surface area contributed by atoms with Gasteiger partial charge < -0.3 is 5.73 Å². The van der Waals surface area contributed by atoms with Crippen LogP contribution in [0.2, 0.25) is 0 Å². The molecule has 0 aliphatic carbocycles. The number of hydrogen-bond acceptors (Lipinski definition) is 2. The van der Waals surface area contributed by atoms with E-state index in [1.165, 1.54) is 0 Å². The second-order valence-electron chi connectivity index (χ2n) is 2.86. The third kappa shape index (κ3) is 2.15. The minimum Gasteiger partial charge on any atom is -0.366 e. The summed E-state index contributed by atoms with van der Waals surface area (Å²) in [5.41, 5.74) is 7.54. The Labute approximate surface area is 77.3 Å². The Morgan fingerprint density at radius 2 is 2.15 bits per heavy atom. The van der Waals surface area contributed by atoms with Crippen LogP contribution >= 0.6 is 0 Å². The van der Waals surface area contributed by atoms with Gasteiger partial charge in [-0.25, -0.2) is 0 Å². The fourth-order valence-electron chi connectivity index (χ4n) is 0.986. The van der Waals surface area contributed by atoms with Crippen molar-refractivity contribution in [2.45, 2.75) is 13.8 Å². The van der Waals surface area contributed by atoms with Crippen LogP contribution in [0.15, 0.2) is 30.1 Å². The number of amides is 1. The Morgan fingerprint density at radius 3 is 2.62 bits per heavy atom. The van der Waals surface area contributed by atoms with E-state index >= 15 is 0 Å². The zero-order valence-electron chi connectivity index (χ0n) is 7.74. The maximum Gasteiger partial charge on any atom is 0.244 e. The summed E-state index contributed by atoms with van der Waals surface area (Å²) in [6.07, 6.45) is 3.40. The number of hydrogen-bond donors (Lipinski definition) is 1. The van der Waals surface area contributed by atoms with Crippen molar-refractivity contribution >= 4 is 11.5 Å². The van der Waals surface area contributed by atoms with Crippen molar-refractivity contribution in [3.8, 4) is 0 Å². The zero-order valence-corrected chi connectivity index (χ0v) is 7.74. The molecule has 1 amide bonds. The Morgan fingerprint density at radius 1 is 1.46 bits per heavy atom. The second kappa shape index (κ2) is 3.85. The SMILES string of the molecule is CC(C(N)=O)=C(C)c1cccnc1. The van der Waals surface area contributed by atoms with Gasteiger partial charge in [0.15, 0.2) is 0 Å². The molecule has 13 heavy (non-hydrogen) atoms. The van der Waals surface area contributed by atoms with Crippen LogP contribution in [-0.2, 0) is 4.79 Å². The molecule has 0 atom stereocenters. The summed E-state index contributed by atoms with van der Waals surface area (Å²) in [6, 6.07) is 3.72. The van der Waals surface area contributed by atoms with Crippen molar-refractivity contribution in [1.82, 2.24) is 4.98 Å². The third-order valence-corrected chi connectivity index (χ3v) is 2.03. The van der Waals surface area contributed by atoms with E-state index in [0.717, 1.165) is 11.1 Å². The first-order valence-electron chi connectivity index (χ1n) is 4.00. The minimum atomic E-state index is -0.388. The number of allylic oxidation sites excluding steroid dienone is 1. The highest BCUT2D eigenvalue weighted by atomic mass is 16.1. The van der Waals surface area contributed by atoms with Crippen molar-refractivity contribution < 1.29 is 4.79 Å². The third-order valence-electron chi connectivity index (χ3n) is 2.03. The van der Waals surface area contributed by atoms with Crippen molar-refractivity contribution in [3.05, 3.63) is 35.7 Å². The molecule has 0 saturated carbocycles. The largest absolute Gasteiger partial charge is 0.366 e. The molecule has 1 aromatic rings. The van der Waals surface area contributed by atoms with E-state index in [1.54, 1.807) is 19.3 Å². The van der Waals surface area contributed by atoms with Gasteiger partial charge in [0.2, 0.25) is 5.91 Å². The van der Waals surface area contributed by atoms with E-state index in [-0.39, 0.29) is 5.91 Å². The van der Waals surface area contributed by atoms with Gasteiger partial charge in [-0.15, -0.1) is 0 Å². The molecule has 1 rings (SSSR count). The molecule has 0 aliphatic heterocycles. The van der Waals surface area contributed by atoms with Crippen LogP contribution in [0.5, 0.6) is 0 Å². The quantitative estimate of drug-likeness (QED) is 0.692. The van der Waals surface area contributed by atoms with Gasteiger partial charge in [0.1, 0.15) is 0 Å². The highest BCUT2D eigenvalue weighted by molar-refractivity contribution is 5.99. The maximum absolute atomic E-state index is 10.9. The fraction of sp³-hybridized carbons (Fsp3) is 0.200. The lowest BCUT2D eigenvalue weighted by Gasteiger charge is -2.03. The molecule has 2 N–H and O–H groups in total. The van der Waals surface area contributed by atoms with Crippen molar-refractivity contribution in [2.75, 3.05) is 0 Å². The van der Waals surface area contributed by atoms with Crippen molar-refractivity contribution in [3.63, 3.8) is 0 Å². The van der Waals surface area contributed by atoms with Crippen LogP contribution < -0.4 is 5.73 Å². The van der Waals surface area contributed by atoms with Gasteiger partial charge in [0.05, 0.1) is 0 Å². The van der Waals surface area contributed by atoms with Gasteiger partial charge in [-0.3, -0.25) is 9.78 Å². The topological polar surface area (TPSA) is 56.0 Å². The Kier molecular flexibility index (Phi) is 2.80. The monoisotopic (exact) mass is 176 g/mol. The van der Waals surface area contributed by atoms with E-state index in [0.29, 0.717) is 5.57 Å². The molecule has 0 saturated heterocycles. The lowest BCUT2D eigenvalue weighted by atomic mass is 10.0. The highest BCUT2D eigenvalue weighted by Gasteiger charge is 2.04. The van der Waals surface area contributed by atoms with Crippen LogP contribution in [0, 0.1) is 0 Å². The average Bonchev–Trinajstić information content (AvgIpc) is 2.17. The van der Waals surface area contributed by atoms with E-state index in [4.69, 9.17) is 5.73 Å². The molecule has 3 nitrogen and oxygen atoms in total. The number of carbonyl (C=O) groups is 1. The molecular formula is C10H12N2O. The lowest BCUT2D eigenvalue weighted by Crippen LogP contribution is -2.12. The van der Waals surface area contributed by atoms with Gasteiger partial charge in [0, 0.05) is 18.0 Å². The molecule has 0 bridgehead atoms. The highest BCUT2D eigenvalue weighted by Crippen LogP contribution is 2.15. The molecule has 0 spiro atoms. The number of nitrogens with two attached hydrogens (primary N) is 1. The number of primary amides is 1. The van der Waals surface area contributed by atoms with Crippen molar-refractivity contribution in [2.24, 2.45) is 5.73 Å². The summed E-state index contributed by atoms with van der Waals surface area (Å²) >= 11 is 0. The smallest absolute Gasteiger partial charge is 0.244 e. The van der Waals surface area contributed by atoms with E-state index < -0.39 is 0 Å². The summed E-state index contributed by atoms with van der Waals surface area (Å²) in [4.78, 5) is 14.8. The van der Waals surface area contributed by atoms with Gasteiger partial charge in [0.25, 0.3) is 0 Å². The zero-order chi connectivity index (χ0) is 9.84. The Bertz CT molecular complexity index is 341. The first kappa shape index (κ1) is 9.45. The van der Waals surface area contributed by atoms with Crippen LogP contribution in [0.25, 0.3) is 5.57 Å². The molecular weight excluding hydrogens is 164 g/mol. The summed E-state index contributed by atoms with van der Waals surface area (Å²) in [6.45, 7) is 3.57. The maximum atomic E-state index is 10.9. The van der Waals surface area contributed by atoms with Crippen LogP contribution in [0.4, 0.5) is 0 Å². The Balaban J connectivity index is 3.11. The molecule has 0 aromatic carbocycles. The standard InChI is InChI=1S/C10H12N2O/c1-7(8(2)10(11)13)9-4-3-5-12-6-9/h3-6H,1-2H3,(H2,11,13). The lowest BCUT2D eigenvalue weighted by molar-refractivity contribution is -0.114. The minimum absolute atomic E-state index is 0.388. The molecule has 1 aromatic heterocycles.